The van der Waals surface area contributed by atoms with Crippen molar-refractivity contribution >= 4 is 10.0 Å². The summed E-state index contributed by atoms with van der Waals surface area (Å²) in [7, 11) is -0.937. The molecule has 0 radical (unpaired) electrons. The number of pyridine rings is 1. The van der Waals surface area contributed by atoms with Crippen molar-refractivity contribution in [1.29, 1.82) is 0 Å². The lowest BCUT2D eigenvalue weighted by Gasteiger charge is -2.13. The summed E-state index contributed by atoms with van der Waals surface area (Å²) in [4.78, 5) is 3.95. The molecule has 3 rings (SSSR count). The van der Waals surface area contributed by atoms with Crippen molar-refractivity contribution in [3.8, 4) is 22.6 Å². The fourth-order valence-corrected chi connectivity index (χ4v) is 3.71. The molecule has 0 fully saturated rings. The Kier molecular flexibility index (Phi) is 5.91. The maximum absolute atomic E-state index is 14.0. The number of ether oxygens (including phenoxy) is 2. The van der Waals surface area contributed by atoms with E-state index in [1.54, 1.807) is 36.7 Å². The van der Waals surface area contributed by atoms with Crippen molar-refractivity contribution in [3.05, 3.63) is 72.3 Å². The van der Waals surface area contributed by atoms with Crippen LogP contribution in [0.1, 0.15) is 5.56 Å². The van der Waals surface area contributed by atoms with E-state index in [0.29, 0.717) is 16.9 Å². The van der Waals surface area contributed by atoms with E-state index in [9.17, 15) is 12.8 Å². The number of hydrogen-bond donors (Lipinski definition) is 1. The zero-order valence-corrected chi connectivity index (χ0v) is 16.2. The summed E-state index contributed by atoms with van der Waals surface area (Å²) in [6.07, 6.45) is 3.19. The first-order valence-corrected chi connectivity index (χ1v) is 9.83. The van der Waals surface area contributed by atoms with Gasteiger partial charge >= 0.3 is 0 Å². The van der Waals surface area contributed by atoms with Crippen molar-refractivity contribution in [1.82, 2.24) is 9.71 Å². The van der Waals surface area contributed by atoms with Crippen molar-refractivity contribution in [2.75, 3.05) is 14.2 Å². The normalized spacial score (nSPS) is 11.2. The number of aromatic nitrogens is 1. The van der Waals surface area contributed by atoms with E-state index < -0.39 is 15.8 Å². The zero-order valence-electron chi connectivity index (χ0n) is 15.3. The monoisotopic (exact) mass is 402 g/mol. The fraction of sp³-hybridized carbons (Fsp3) is 0.150. The van der Waals surface area contributed by atoms with E-state index in [2.05, 4.69) is 9.71 Å². The van der Waals surface area contributed by atoms with Gasteiger partial charge in [0.05, 0.1) is 19.1 Å². The van der Waals surface area contributed by atoms with Crippen LogP contribution >= 0.6 is 0 Å². The van der Waals surface area contributed by atoms with Crippen LogP contribution in [0.2, 0.25) is 0 Å². The van der Waals surface area contributed by atoms with E-state index in [0.717, 1.165) is 5.56 Å². The minimum absolute atomic E-state index is 0.0520. The average molecular weight is 402 g/mol. The number of halogens is 1. The molecule has 3 aromatic rings. The number of rotatable bonds is 7. The van der Waals surface area contributed by atoms with Crippen LogP contribution in [0.4, 0.5) is 4.39 Å². The average Bonchev–Trinajstić information content (AvgIpc) is 2.72. The highest BCUT2D eigenvalue weighted by molar-refractivity contribution is 7.89. The first-order valence-electron chi connectivity index (χ1n) is 8.35. The molecule has 1 aromatic heterocycles. The molecule has 8 heteroatoms. The van der Waals surface area contributed by atoms with Crippen molar-refractivity contribution in [3.63, 3.8) is 0 Å². The Labute approximate surface area is 163 Å². The van der Waals surface area contributed by atoms with E-state index in [4.69, 9.17) is 9.47 Å². The van der Waals surface area contributed by atoms with Gasteiger partial charge in [-0.25, -0.2) is 17.5 Å². The third-order valence-electron chi connectivity index (χ3n) is 4.16. The molecule has 28 heavy (non-hydrogen) atoms. The van der Waals surface area contributed by atoms with Crippen molar-refractivity contribution < 1.29 is 22.3 Å². The predicted molar refractivity (Wildman–Crippen MR) is 103 cm³/mol. The number of benzene rings is 2. The maximum Gasteiger partial charge on any atom is 0.241 e. The Morgan fingerprint density at radius 2 is 1.68 bits per heavy atom. The number of hydrogen-bond acceptors (Lipinski definition) is 5. The third kappa shape index (κ3) is 4.29. The Morgan fingerprint density at radius 3 is 2.32 bits per heavy atom. The van der Waals surface area contributed by atoms with Crippen LogP contribution in [-0.4, -0.2) is 27.6 Å². The lowest BCUT2D eigenvalue weighted by Crippen LogP contribution is -2.23. The molecule has 146 valence electrons. The van der Waals surface area contributed by atoms with Gasteiger partial charge in [-0.1, -0.05) is 6.07 Å². The van der Waals surface area contributed by atoms with E-state index in [-0.39, 0.29) is 17.2 Å². The summed E-state index contributed by atoms with van der Waals surface area (Å²) >= 11 is 0. The second-order valence-corrected chi connectivity index (χ2v) is 7.66. The van der Waals surface area contributed by atoms with Gasteiger partial charge in [-0.05, 0) is 47.5 Å². The molecule has 1 N–H and O–H groups in total. The molecule has 0 spiro atoms. The van der Waals surface area contributed by atoms with Gasteiger partial charge in [0, 0.05) is 30.6 Å². The van der Waals surface area contributed by atoms with E-state index in [1.165, 1.54) is 38.5 Å². The predicted octanol–water partition coefficient (Wildman–Crippen LogP) is 3.38. The SMILES string of the molecule is COc1ccc(-c2ccc(S(=O)(=O)NCc3ccncc3)cc2OC)cc1F. The molecule has 6 nitrogen and oxygen atoms in total. The first kappa shape index (κ1) is 19.8. The van der Waals surface area contributed by atoms with Gasteiger partial charge in [-0.2, -0.15) is 0 Å². The van der Waals surface area contributed by atoms with Crippen LogP contribution < -0.4 is 14.2 Å². The molecule has 1 heterocycles. The van der Waals surface area contributed by atoms with Gasteiger partial charge in [0.25, 0.3) is 0 Å². The molecule has 0 aliphatic heterocycles. The second-order valence-electron chi connectivity index (χ2n) is 5.89. The minimum Gasteiger partial charge on any atom is -0.496 e. The van der Waals surface area contributed by atoms with Crippen LogP contribution in [0.25, 0.3) is 11.1 Å². The molecule has 0 saturated carbocycles. The topological polar surface area (TPSA) is 77.5 Å². The van der Waals surface area contributed by atoms with Crippen LogP contribution in [0.5, 0.6) is 11.5 Å². The Bertz CT molecular complexity index is 1070. The van der Waals surface area contributed by atoms with Gasteiger partial charge in [0.2, 0.25) is 10.0 Å². The molecule has 0 amide bonds. The molecule has 0 aliphatic rings. The van der Waals surface area contributed by atoms with Gasteiger partial charge in [0.1, 0.15) is 5.75 Å². The van der Waals surface area contributed by atoms with Gasteiger partial charge < -0.3 is 9.47 Å². The number of nitrogens with one attached hydrogen (secondary N) is 1. The van der Waals surface area contributed by atoms with Crippen molar-refractivity contribution in [2.45, 2.75) is 11.4 Å². The number of sulfonamides is 1. The molecular formula is C20H19FN2O4S. The highest BCUT2D eigenvalue weighted by atomic mass is 32.2. The first-order chi connectivity index (χ1) is 13.4. The molecule has 0 aliphatic carbocycles. The summed E-state index contributed by atoms with van der Waals surface area (Å²) in [5.74, 6) is -0.0728. The summed E-state index contributed by atoms with van der Waals surface area (Å²) in [6, 6.07) is 12.4. The quantitative estimate of drug-likeness (QED) is 0.656. The Morgan fingerprint density at radius 1 is 0.964 bits per heavy atom. The van der Waals surface area contributed by atoms with Crippen molar-refractivity contribution in [2.24, 2.45) is 0 Å². The summed E-state index contributed by atoms with van der Waals surface area (Å²) < 4.78 is 52.0. The molecule has 0 saturated heterocycles. The van der Waals surface area contributed by atoms with E-state index in [1.807, 2.05) is 0 Å². The van der Waals surface area contributed by atoms with Crippen LogP contribution in [0, 0.1) is 5.82 Å². The number of nitrogens with zero attached hydrogens (tertiary/aromatic N) is 1. The van der Waals surface area contributed by atoms with Crippen LogP contribution in [0.15, 0.2) is 65.8 Å². The lowest BCUT2D eigenvalue weighted by atomic mass is 10.0. The second kappa shape index (κ2) is 8.37. The van der Waals surface area contributed by atoms with Gasteiger partial charge in [-0.3, -0.25) is 4.98 Å². The zero-order chi connectivity index (χ0) is 20.1. The molecule has 0 bridgehead atoms. The molecule has 0 unspecified atom stereocenters. The molecular weight excluding hydrogens is 383 g/mol. The standard InChI is InChI=1S/C20H19FN2O4S/c1-26-19-6-3-15(11-18(19)21)17-5-4-16(12-20(17)27-2)28(24,25)23-13-14-7-9-22-10-8-14/h3-12,23H,13H2,1-2H3. The third-order valence-corrected chi connectivity index (χ3v) is 5.56. The minimum atomic E-state index is -3.75. The van der Waals surface area contributed by atoms with Gasteiger partial charge in [0.15, 0.2) is 11.6 Å². The summed E-state index contributed by atoms with van der Waals surface area (Å²) in [5.41, 5.74) is 1.90. The smallest absolute Gasteiger partial charge is 0.241 e. The van der Waals surface area contributed by atoms with Crippen LogP contribution in [-0.2, 0) is 16.6 Å². The maximum atomic E-state index is 14.0. The summed E-state index contributed by atoms with van der Waals surface area (Å²) in [6.45, 7) is 0.138. The Hall–Kier alpha value is -2.97. The van der Waals surface area contributed by atoms with E-state index >= 15 is 0 Å². The highest BCUT2D eigenvalue weighted by Crippen LogP contribution is 2.34. The summed E-state index contributed by atoms with van der Waals surface area (Å²) in [5, 5.41) is 0. The number of methoxy groups -OCH3 is 2. The van der Waals surface area contributed by atoms with Crippen LogP contribution in [0.3, 0.4) is 0 Å². The Balaban J connectivity index is 1.89. The largest absolute Gasteiger partial charge is 0.496 e. The molecule has 0 atom stereocenters. The molecule has 2 aromatic carbocycles. The lowest BCUT2D eigenvalue weighted by molar-refractivity contribution is 0.386. The fourth-order valence-electron chi connectivity index (χ4n) is 2.67. The van der Waals surface area contributed by atoms with Gasteiger partial charge in [-0.15, -0.1) is 0 Å². The highest BCUT2D eigenvalue weighted by Gasteiger charge is 2.18.